The second-order valence-corrected chi connectivity index (χ2v) is 13.1. The zero-order chi connectivity index (χ0) is 32.1. The highest BCUT2D eigenvalue weighted by atomic mass is 35.5. The first-order valence-corrected chi connectivity index (χ1v) is 15.6. The van der Waals surface area contributed by atoms with E-state index < -0.39 is 35.9 Å². The summed E-state index contributed by atoms with van der Waals surface area (Å²) in [7, 11) is 1.66. The molecular formula is C32H35ClF4N6O2. The van der Waals surface area contributed by atoms with E-state index in [1.165, 1.54) is 10.5 Å². The van der Waals surface area contributed by atoms with E-state index >= 15 is 0 Å². The van der Waals surface area contributed by atoms with Crippen LogP contribution < -0.4 is 9.64 Å². The van der Waals surface area contributed by atoms with Crippen LogP contribution in [0.5, 0.6) is 6.01 Å². The van der Waals surface area contributed by atoms with Gasteiger partial charge in [-0.1, -0.05) is 30.3 Å². The van der Waals surface area contributed by atoms with E-state index in [0.717, 1.165) is 41.1 Å². The highest BCUT2D eigenvalue weighted by Crippen LogP contribution is 2.50. The van der Waals surface area contributed by atoms with Crippen LogP contribution in [0.4, 0.5) is 23.4 Å². The summed E-state index contributed by atoms with van der Waals surface area (Å²) in [4.78, 5) is 27.1. The van der Waals surface area contributed by atoms with E-state index in [9.17, 15) is 27.6 Å². The van der Waals surface area contributed by atoms with E-state index in [1.807, 2.05) is 17.0 Å². The van der Waals surface area contributed by atoms with Gasteiger partial charge in [-0.2, -0.15) is 28.4 Å². The molecule has 0 radical (unpaired) electrons. The van der Waals surface area contributed by atoms with E-state index in [-0.39, 0.29) is 50.5 Å². The zero-order valence-electron chi connectivity index (χ0n) is 25.0. The maximum atomic E-state index is 13.8. The number of piperazine rings is 1. The number of amides is 1. The molecule has 240 valence electrons. The van der Waals surface area contributed by atoms with Crippen LogP contribution in [0.25, 0.3) is 0 Å². The molecule has 4 aliphatic rings. The number of nitriles is 1. The Kier molecular flexibility index (Phi) is 8.46. The summed E-state index contributed by atoms with van der Waals surface area (Å²) in [6.45, 7) is 3.81. The van der Waals surface area contributed by atoms with Crippen molar-refractivity contribution < 1.29 is 27.1 Å². The van der Waals surface area contributed by atoms with Crippen LogP contribution >= 0.6 is 11.6 Å². The summed E-state index contributed by atoms with van der Waals surface area (Å²) in [6.07, 6.45) is -0.383. The minimum absolute atomic E-state index is 0.00118. The van der Waals surface area contributed by atoms with Gasteiger partial charge in [0.25, 0.3) is 5.91 Å². The van der Waals surface area contributed by atoms with Crippen molar-refractivity contribution in [2.45, 2.75) is 68.6 Å². The van der Waals surface area contributed by atoms with Gasteiger partial charge in [-0.25, -0.2) is 4.39 Å². The van der Waals surface area contributed by atoms with Gasteiger partial charge in [-0.05, 0) is 62.8 Å². The molecule has 13 heteroatoms. The number of hydrogen-bond acceptors (Lipinski definition) is 7. The Labute approximate surface area is 264 Å². The predicted octanol–water partition coefficient (Wildman–Crippen LogP) is 5.18. The number of aromatic nitrogens is 2. The van der Waals surface area contributed by atoms with Crippen LogP contribution in [0, 0.1) is 17.2 Å². The smallest absolute Gasteiger partial charge is 0.393 e. The topological polar surface area (TPSA) is 85.6 Å². The molecule has 1 spiro atoms. The molecule has 4 atom stereocenters. The monoisotopic (exact) mass is 646 g/mol. The van der Waals surface area contributed by atoms with Crippen LogP contribution in [0.15, 0.2) is 30.6 Å². The van der Waals surface area contributed by atoms with E-state index in [2.05, 4.69) is 18.7 Å². The molecule has 45 heavy (non-hydrogen) atoms. The van der Waals surface area contributed by atoms with Gasteiger partial charge in [0, 0.05) is 48.2 Å². The highest BCUT2D eigenvalue weighted by Gasteiger charge is 2.47. The molecule has 2 fully saturated rings. The van der Waals surface area contributed by atoms with Gasteiger partial charge < -0.3 is 14.5 Å². The predicted molar refractivity (Wildman–Crippen MR) is 160 cm³/mol. The van der Waals surface area contributed by atoms with Gasteiger partial charge >= 0.3 is 12.2 Å². The minimum atomic E-state index is -4.27. The molecule has 8 nitrogen and oxygen atoms in total. The summed E-state index contributed by atoms with van der Waals surface area (Å²) in [6, 6.07) is 7.17. The van der Waals surface area contributed by atoms with E-state index in [0.29, 0.717) is 25.2 Å². The van der Waals surface area contributed by atoms with Crippen molar-refractivity contribution in [1.82, 2.24) is 19.8 Å². The Balaban J connectivity index is 1.32. The Hall–Kier alpha value is -3.43. The number of ether oxygens (including phenoxy) is 1. The standard InChI is InChI=1S/C32H35ClF4N6O2/c1-19(34)29(44)43-13-12-42(17-21(43)8-11-38)28-24-7-10-31(9-6-23-25(31)4-3-5-26(23)33)15-27(24)39-30(40-28)45-18-22-14-20(16-41(22)2)32(35,36)37/h3-5,20-22H,1,6-10,12-18H2,2H3/t20-,21-,22-,31-/m0/s1. The average molecular weight is 647 g/mol. The number of carbonyl (C=O) groups excluding carboxylic acids is 1. The van der Waals surface area contributed by atoms with Crippen molar-refractivity contribution in [1.29, 1.82) is 5.26 Å². The first-order valence-electron chi connectivity index (χ1n) is 15.2. The van der Waals surface area contributed by atoms with Crippen molar-refractivity contribution >= 4 is 23.3 Å². The fourth-order valence-corrected chi connectivity index (χ4v) is 7.95. The number of likely N-dealkylation sites (N-methyl/N-ethyl adjacent to an activating group) is 1. The molecule has 1 amide bonds. The molecular weight excluding hydrogens is 612 g/mol. The molecule has 0 unspecified atom stereocenters. The largest absolute Gasteiger partial charge is 0.462 e. The quantitative estimate of drug-likeness (QED) is 0.316. The Morgan fingerprint density at radius 3 is 2.62 bits per heavy atom. The van der Waals surface area contributed by atoms with E-state index in [4.69, 9.17) is 26.3 Å². The first kappa shape index (κ1) is 31.5. The third kappa shape index (κ3) is 5.97. The molecule has 0 saturated carbocycles. The minimum Gasteiger partial charge on any atom is -0.462 e. The molecule has 3 heterocycles. The second-order valence-electron chi connectivity index (χ2n) is 12.7. The normalized spacial score (nSPS) is 26.5. The number of anilines is 1. The van der Waals surface area contributed by atoms with Crippen LogP contribution in [-0.2, 0) is 29.5 Å². The fourth-order valence-electron chi connectivity index (χ4n) is 7.68. The van der Waals surface area contributed by atoms with Gasteiger partial charge in [0.2, 0.25) is 0 Å². The SMILES string of the molecule is C=C(F)C(=O)N1CCN(c2nc(OC[C@@H]3C[C@H](C(F)(F)F)CN3C)nc3c2CC[C@@]2(CCc4c(Cl)cccc42)C3)C[C@@H]1CC#N. The lowest BCUT2D eigenvalue weighted by Crippen LogP contribution is -2.55. The van der Waals surface area contributed by atoms with Crippen LogP contribution in [0.3, 0.4) is 0 Å². The number of benzene rings is 1. The van der Waals surface area contributed by atoms with Gasteiger partial charge in [0.05, 0.1) is 30.1 Å². The fraction of sp³-hybridized carbons (Fsp3) is 0.562. The van der Waals surface area contributed by atoms with Crippen molar-refractivity contribution in [3.05, 3.63) is 58.0 Å². The third-order valence-electron chi connectivity index (χ3n) is 10.1. The first-order chi connectivity index (χ1) is 21.4. The maximum absolute atomic E-state index is 13.8. The molecule has 6 rings (SSSR count). The van der Waals surface area contributed by atoms with Gasteiger partial charge in [0.15, 0.2) is 5.83 Å². The number of fused-ring (bicyclic) bond motifs is 3. The summed E-state index contributed by atoms with van der Waals surface area (Å²) in [5.41, 5.74) is 3.99. The van der Waals surface area contributed by atoms with Crippen LogP contribution in [0.2, 0.25) is 5.02 Å². The molecule has 0 N–H and O–H groups in total. The summed E-state index contributed by atoms with van der Waals surface area (Å²) >= 11 is 6.56. The molecule has 2 aliphatic carbocycles. The summed E-state index contributed by atoms with van der Waals surface area (Å²) in [5.74, 6) is -2.70. The van der Waals surface area contributed by atoms with Crippen LogP contribution in [0.1, 0.15) is 48.1 Å². The number of rotatable bonds is 6. The van der Waals surface area contributed by atoms with E-state index in [1.54, 1.807) is 11.9 Å². The Morgan fingerprint density at radius 2 is 1.93 bits per heavy atom. The molecule has 2 aromatic rings. The lowest BCUT2D eigenvalue weighted by atomic mass is 9.69. The zero-order valence-corrected chi connectivity index (χ0v) is 25.8. The molecule has 1 aromatic heterocycles. The maximum Gasteiger partial charge on any atom is 0.393 e. The number of hydrogen-bond donors (Lipinski definition) is 0. The highest BCUT2D eigenvalue weighted by molar-refractivity contribution is 6.31. The summed E-state index contributed by atoms with van der Waals surface area (Å²) in [5, 5.41) is 10.2. The van der Waals surface area contributed by atoms with Crippen molar-refractivity contribution in [2.75, 3.05) is 44.7 Å². The third-order valence-corrected chi connectivity index (χ3v) is 10.5. The molecule has 2 saturated heterocycles. The van der Waals surface area contributed by atoms with Gasteiger partial charge in [0.1, 0.15) is 12.4 Å². The van der Waals surface area contributed by atoms with Crippen molar-refractivity contribution in [3.63, 3.8) is 0 Å². The molecule has 1 aromatic carbocycles. The van der Waals surface area contributed by atoms with Gasteiger partial charge in [-0.3, -0.25) is 9.69 Å². The summed E-state index contributed by atoms with van der Waals surface area (Å²) < 4.78 is 60.1. The number of nitrogens with zero attached hydrogens (tertiary/aromatic N) is 6. The molecule has 2 aliphatic heterocycles. The lowest BCUT2D eigenvalue weighted by molar-refractivity contribution is -0.170. The Morgan fingerprint density at radius 1 is 1.18 bits per heavy atom. The van der Waals surface area contributed by atoms with Crippen LogP contribution in [-0.4, -0.2) is 83.8 Å². The lowest BCUT2D eigenvalue weighted by Gasteiger charge is -2.42. The van der Waals surface area contributed by atoms with Crippen molar-refractivity contribution in [2.24, 2.45) is 5.92 Å². The van der Waals surface area contributed by atoms with Crippen molar-refractivity contribution in [3.8, 4) is 12.1 Å². The second kappa shape index (κ2) is 12.1. The Bertz CT molecular complexity index is 1550. The number of likely N-dealkylation sites (tertiary alicyclic amines) is 1. The van der Waals surface area contributed by atoms with Gasteiger partial charge in [-0.15, -0.1) is 0 Å². The number of alkyl halides is 3. The average Bonchev–Trinajstić information content (AvgIpc) is 3.56. The number of halogens is 5. The molecule has 0 bridgehead atoms. The number of carbonyl (C=O) groups is 1.